The Kier molecular flexibility index (Phi) is 4.56. The Balaban J connectivity index is 0.000000461. The zero-order valence-corrected chi connectivity index (χ0v) is 8.03. The van der Waals surface area contributed by atoms with E-state index in [0.717, 1.165) is 6.42 Å². The van der Waals surface area contributed by atoms with E-state index in [1.807, 2.05) is 0 Å². The van der Waals surface area contributed by atoms with Gasteiger partial charge in [-0.15, -0.1) is 24.2 Å². The van der Waals surface area contributed by atoms with E-state index >= 15 is 0 Å². The van der Waals surface area contributed by atoms with Crippen molar-refractivity contribution in [1.29, 1.82) is 0 Å². The Morgan fingerprint density at radius 2 is 1.91 bits per heavy atom. The highest BCUT2D eigenvalue weighted by molar-refractivity contribution is 7.11. The van der Waals surface area contributed by atoms with Gasteiger partial charge in [0.2, 0.25) is 0 Å². The summed E-state index contributed by atoms with van der Waals surface area (Å²) < 4.78 is 0. The summed E-state index contributed by atoms with van der Waals surface area (Å²) in [5, 5.41) is 1.18. The molecule has 0 atom stereocenters. The molecule has 0 spiro atoms. The number of aryl methyl sites for hydroxylation is 3. The summed E-state index contributed by atoms with van der Waals surface area (Å²) in [4.78, 5) is 5.72. The topological polar surface area (TPSA) is 12.9 Å². The second kappa shape index (κ2) is 4.92. The maximum absolute atomic E-state index is 4.35. The van der Waals surface area contributed by atoms with Gasteiger partial charge >= 0.3 is 0 Å². The highest BCUT2D eigenvalue weighted by Crippen LogP contribution is 2.15. The lowest BCUT2D eigenvalue weighted by molar-refractivity contribution is 1.03. The van der Waals surface area contributed by atoms with Crippen molar-refractivity contribution in [3.8, 4) is 12.8 Å². The van der Waals surface area contributed by atoms with Gasteiger partial charge in [0.25, 0.3) is 0 Å². The van der Waals surface area contributed by atoms with E-state index in [9.17, 15) is 0 Å². The summed E-state index contributed by atoms with van der Waals surface area (Å²) in [7, 11) is 0. The number of hydrogen-bond acceptors (Lipinski definition) is 2. The van der Waals surface area contributed by atoms with Crippen LogP contribution >= 0.6 is 11.3 Å². The number of rotatable bonds is 1. The lowest BCUT2D eigenvalue weighted by Gasteiger charge is -1.85. The van der Waals surface area contributed by atoms with Gasteiger partial charge < -0.3 is 0 Å². The van der Waals surface area contributed by atoms with E-state index < -0.39 is 0 Å². The van der Waals surface area contributed by atoms with Crippen LogP contribution in [0, 0.1) is 26.7 Å². The smallest absolute Gasteiger partial charge is 0.0900 e. The molecule has 0 saturated carbocycles. The molecule has 0 amide bonds. The molecular weight excluding hydrogens is 154 g/mol. The van der Waals surface area contributed by atoms with E-state index in [4.69, 9.17) is 0 Å². The molecule has 0 saturated heterocycles. The fourth-order valence-corrected chi connectivity index (χ4v) is 1.81. The second-order valence-corrected chi connectivity index (χ2v) is 3.50. The maximum Gasteiger partial charge on any atom is 0.0900 e. The minimum Gasteiger partial charge on any atom is -0.246 e. The van der Waals surface area contributed by atoms with E-state index in [2.05, 4.69) is 38.6 Å². The van der Waals surface area contributed by atoms with E-state index in [1.165, 1.54) is 15.6 Å². The van der Waals surface area contributed by atoms with Crippen molar-refractivity contribution in [2.75, 3.05) is 0 Å². The van der Waals surface area contributed by atoms with Crippen molar-refractivity contribution in [2.45, 2.75) is 27.2 Å². The molecule has 60 valence electrons. The van der Waals surface area contributed by atoms with E-state index in [1.54, 1.807) is 11.3 Å². The molecule has 0 aliphatic rings. The number of hydrogen-bond donors (Lipinski definition) is 0. The summed E-state index contributed by atoms with van der Waals surface area (Å²) >= 11 is 1.78. The minimum atomic E-state index is 1.07. The summed E-state index contributed by atoms with van der Waals surface area (Å²) in [5.41, 5.74) is 1.26. The molecule has 0 unspecified atom stereocenters. The normalized spacial score (nSPS) is 8.45. The molecule has 0 radical (unpaired) electrons. The minimum absolute atomic E-state index is 1.07. The Labute approximate surface area is 72.5 Å². The van der Waals surface area contributed by atoms with Crippen molar-refractivity contribution < 1.29 is 0 Å². The van der Waals surface area contributed by atoms with Crippen LogP contribution in [0.5, 0.6) is 0 Å². The third kappa shape index (κ3) is 2.73. The Bertz CT molecular complexity index is 235. The van der Waals surface area contributed by atoms with Crippen LogP contribution in [0.15, 0.2) is 0 Å². The molecule has 2 heteroatoms. The first-order valence-corrected chi connectivity index (χ1v) is 4.32. The van der Waals surface area contributed by atoms with Gasteiger partial charge in [0.05, 0.1) is 10.7 Å². The number of terminal acetylenes is 1. The third-order valence-corrected chi connectivity index (χ3v) is 2.26. The van der Waals surface area contributed by atoms with Gasteiger partial charge in [-0.05, 0) is 20.3 Å². The molecule has 0 fully saturated rings. The van der Waals surface area contributed by atoms with Crippen LogP contribution in [0.25, 0.3) is 0 Å². The highest BCUT2D eigenvalue weighted by atomic mass is 32.1. The van der Waals surface area contributed by atoms with Crippen LogP contribution in [0.3, 0.4) is 0 Å². The molecule has 1 aromatic rings. The van der Waals surface area contributed by atoms with Crippen molar-refractivity contribution in [2.24, 2.45) is 0 Å². The van der Waals surface area contributed by atoms with E-state index in [-0.39, 0.29) is 0 Å². The number of thiazole rings is 1. The molecule has 1 heterocycles. The van der Waals surface area contributed by atoms with Gasteiger partial charge in [0, 0.05) is 4.88 Å². The van der Waals surface area contributed by atoms with Gasteiger partial charge in [-0.3, -0.25) is 0 Å². The average molecular weight is 167 g/mol. The SMILES string of the molecule is C#C.CCc1nc(C)sc1C. The lowest BCUT2D eigenvalue weighted by Crippen LogP contribution is -1.81. The quantitative estimate of drug-likeness (QED) is 0.586. The third-order valence-electron chi connectivity index (χ3n) is 1.33. The molecule has 1 aromatic heterocycles. The zero-order chi connectivity index (χ0) is 8.85. The van der Waals surface area contributed by atoms with Gasteiger partial charge in [-0.1, -0.05) is 6.92 Å². The van der Waals surface area contributed by atoms with Crippen LogP contribution in [-0.2, 0) is 6.42 Å². The Morgan fingerprint density at radius 1 is 1.36 bits per heavy atom. The van der Waals surface area contributed by atoms with Gasteiger partial charge in [0.1, 0.15) is 0 Å². The highest BCUT2D eigenvalue weighted by Gasteiger charge is 1.99. The van der Waals surface area contributed by atoms with Crippen LogP contribution < -0.4 is 0 Å². The first-order chi connectivity index (χ1) is 5.24. The van der Waals surface area contributed by atoms with Gasteiger partial charge in [0.15, 0.2) is 0 Å². The number of aromatic nitrogens is 1. The fourth-order valence-electron chi connectivity index (χ4n) is 0.900. The first kappa shape index (κ1) is 10.2. The van der Waals surface area contributed by atoms with Crippen LogP contribution in [0.2, 0.25) is 0 Å². The summed E-state index contributed by atoms with van der Waals surface area (Å²) in [5.74, 6) is 0. The Morgan fingerprint density at radius 3 is 2.09 bits per heavy atom. The van der Waals surface area contributed by atoms with E-state index in [0.29, 0.717) is 0 Å². The van der Waals surface area contributed by atoms with Crippen LogP contribution in [0.4, 0.5) is 0 Å². The van der Waals surface area contributed by atoms with Gasteiger partial charge in [-0.25, -0.2) is 4.98 Å². The van der Waals surface area contributed by atoms with Crippen molar-refractivity contribution in [3.63, 3.8) is 0 Å². The second-order valence-electron chi connectivity index (χ2n) is 2.09. The summed E-state index contributed by atoms with van der Waals surface area (Å²) in [6, 6.07) is 0. The molecule has 0 bridgehead atoms. The molecular formula is C9H13NS. The predicted molar refractivity (Wildman–Crippen MR) is 50.9 cm³/mol. The molecule has 1 nitrogen and oxygen atoms in total. The molecule has 0 N–H and O–H groups in total. The molecule has 1 rings (SSSR count). The average Bonchev–Trinajstić information content (AvgIpc) is 2.33. The molecule has 0 aliphatic carbocycles. The molecule has 11 heavy (non-hydrogen) atoms. The largest absolute Gasteiger partial charge is 0.246 e. The summed E-state index contributed by atoms with van der Waals surface area (Å²) in [6.07, 6.45) is 9.07. The van der Waals surface area contributed by atoms with Crippen molar-refractivity contribution in [3.05, 3.63) is 15.6 Å². The first-order valence-electron chi connectivity index (χ1n) is 3.50. The lowest BCUT2D eigenvalue weighted by atomic mass is 10.3. The molecule has 0 aliphatic heterocycles. The maximum atomic E-state index is 4.35. The van der Waals surface area contributed by atoms with Crippen molar-refractivity contribution in [1.82, 2.24) is 4.98 Å². The molecule has 0 aromatic carbocycles. The van der Waals surface area contributed by atoms with Crippen molar-refractivity contribution >= 4 is 11.3 Å². The Hall–Kier alpha value is -0.810. The zero-order valence-electron chi connectivity index (χ0n) is 7.22. The predicted octanol–water partition coefficient (Wildman–Crippen LogP) is 2.57. The fraction of sp³-hybridized carbons (Fsp3) is 0.444. The van der Waals surface area contributed by atoms with Crippen LogP contribution in [0.1, 0.15) is 22.5 Å². The standard InChI is InChI=1S/C7H11NS.C2H2/c1-4-7-5(2)9-6(3)8-7;1-2/h4H2,1-3H3;1-2H. The summed E-state index contributed by atoms with van der Waals surface area (Å²) in [6.45, 7) is 6.32. The van der Waals surface area contributed by atoms with Gasteiger partial charge in [-0.2, -0.15) is 0 Å². The monoisotopic (exact) mass is 167 g/mol. The number of nitrogens with zero attached hydrogens (tertiary/aromatic N) is 1. The van der Waals surface area contributed by atoms with Crippen LogP contribution in [-0.4, -0.2) is 4.98 Å².